The van der Waals surface area contributed by atoms with Crippen molar-refractivity contribution in [2.75, 3.05) is 26.7 Å². The van der Waals surface area contributed by atoms with Crippen molar-refractivity contribution < 1.29 is 0 Å². The molecule has 0 aromatic carbocycles. The summed E-state index contributed by atoms with van der Waals surface area (Å²) >= 11 is 0. The zero-order chi connectivity index (χ0) is 10.5. The predicted octanol–water partition coefficient (Wildman–Crippen LogP) is 2.25. The van der Waals surface area contributed by atoms with Crippen LogP contribution in [0.15, 0.2) is 0 Å². The highest BCUT2D eigenvalue weighted by Gasteiger charge is 2.21. The highest BCUT2D eigenvalue weighted by atomic mass is 15.1. The number of nitrogens with one attached hydrogen (secondary N) is 1. The summed E-state index contributed by atoms with van der Waals surface area (Å²) in [6, 6.07) is 0.776. The van der Waals surface area contributed by atoms with Crippen LogP contribution < -0.4 is 5.32 Å². The quantitative estimate of drug-likeness (QED) is 0.768. The molecule has 15 heavy (non-hydrogen) atoms. The Morgan fingerprint density at radius 3 is 2.53 bits per heavy atom. The van der Waals surface area contributed by atoms with Gasteiger partial charge in [-0.2, -0.15) is 0 Å². The Hall–Kier alpha value is -0.0800. The van der Waals surface area contributed by atoms with Crippen molar-refractivity contribution in [2.45, 2.75) is 51.0 Å². The molecule has 0 aromatic heterocycles. The average Bonchev–Trinajstić information content (AvgIpc) is 2.64. The SMILES string of the molecule is CNC1CCCN(CC2CCCC2)CC1. The molecular weight excluding hydrogens is 184 g/mol. The Kier molecular flexibility index (Phi) is 4.45. The summed E-state index contributed by atoms with van der Waals surface area (Å²) in [4.78, 5) is 2.72. The number of hydrogen-bond donors (Lipinski definition) is 1. The largest absolute Gasteiger partial charge is 0.317 e. The van der Waals surface area contributed by atoms with E-state index in [1.54, 1.807) is 0 Å². The van der Waals surface area contributed by atoms with Gasteiger partial charge in [0.1, 0.15) is 0 Å². The fraction of sp³-hybridized carbons (Fsp3) is 1.00. The lowest BCUT2D eigenvalue weighted by Crippen LogP contribution is -2.31. The molecule has 1 aliphatic heterocycles. The fourth-order valence-corrected chi connectivity index (χ4v) is 3.19. The van der Waals surface area contributed by atoms with Crippen molar-refractivity contribution in [3.8, 4) is 0 Å². The van der Waals surface area contributed by atoms with Crippen molar-refractivity contribution in [3.05, 3.63) is 0 Å². The molecule has 1 saturated carbocycles. The summed E-state index contributed by atoms with van der Waals surface area (Å²) in [6.07, 6.45) is 10.1. The Morgan fingerprint density at radius 1 is 1.00 bits per heavy atom. The number of nitrogens with zero attached hydrogens (tertiary/aromatic N) is 1. The molecular formula is C13H26N2. The van der Waals surface area contributed by atoms with Crippen molar-refractivity contribution >= 4 is 0 Å². The predicted molar refractivity (Wildman–Crippen MR) is 65.1 cm³/mol. The zero-order valence-corrected chi connectivity index (χ0v) is 10.2. The summed E-state index contributed by atoms with van der Waals surface area (Å²) < 4.78 is 0. The van der Waals surface area contributed by atoms with Gasteiger partial charge in [0.2, 0.25) is 0 Å². The molecule has 2 heteroatoms. The van der Waals surface area contributed by atoms with Crippen molar-refractivity contribution in [2.24, 2.45) is 5.92 Å². The van der Waals surface area contributed by atoms with E-state index >= 15 is 0 Å². The van der Waals surface area contributed by atoms with Gasteiger partial charge in [0.15, 0.2) is 0 Å². The Morgan fingerprint density at radius 2 is 1.80 bits per heavy atom. The third kappa shape index (κ3) is 3.46. The van der Waals surface area contributed by atoms with Crippen LogP contribution in [-0.2, 0) is 0 Å². The minimum Gasteiger partial charge on any atom is -0.317 e. The molecule has 1 N–H and O–H groups in total. The minimum atomic E-state index is 0.776. The van der Waals surface area contributed by atoms with Crippen LogP contribution in [0.4, 0.5) is 0 Å². The second-order valence-electron chi connectivity index (χ2n) is 5.37. The molecule has 0 bridgehead atoms. The monoisotopic (exact) mass is 210 g/mol. The van der Waals surface area contributed by atoms with Gasteiger partial charge in [0.05, 0.1) is 0 Å². The molecule has 0 aromatic rings. The molecule has 0 spiro atoms. The Bertz CT molecular complexity index is 175. The van der Waals surface area contributed by atoms with E-state index in [-0.39, 0.29) is 0 Å². The third-order valence-electron chi connectivity index (χ3n) is 4.22. The van der Waals surface area contributed by atoms with Crippen molar-refractivity contribution in [1.82, 2.24) is 10.2 Å². The lowest BCUT2D eigenvalue weighted by atomic mass is 10.1. The fourth-order valence-electron chi connectivity index (χ4n) is 3.19. The first-order valence-electron chi connectivity index (χ1n) is 6.78. The summed E-state index contributed by atoms with van der Waals surface area (Å²) in [5, 5.41) is 3.43. The maximum Gasteiger partial charge on any atom is 0.00767 e. The maximum atomic E-state index is 3.43. The van der Waals surface area contributed by atoms with Gasteiger partial charge < -0.3 is 10.2 Å². The summed E-state index contributed by atoms with van der Waals surface area (Å²) in [5.41, 5.74) is 0. The van der Waals surface area contributed by atoms with E-state index in [0.717, 1.165) is 12.0 Å². The van der Waals surface area contributed by atoms with E-state index in [1.165, 1.54) is 64.6 Å². The van der Waals surface area contributed by atoms with Crippen molar-refractivity contribution in [3.63, 3.8) is 0 Å². The third-order valence-corrected chi connectivity index (χ3v) is 4.22. The van der Waals surface area contributed by atoms with Gasteiger partial charge in [-0.3, -0.25) is 0 Å². The van der Waals surface area contributed by atoms with Gasteiger partial charge in [0, 0.05) is 12.6 Å². The van der Waals surface area contributed by atoms with Gasteiger partial charge in [0.25, 0.3) is 0 Å². The van der Waals surface area contributed by atoms with Crippen LogP contribution in [0, 0.1) is 5.92 Å². The molecule has 1 unspecified atom stereocenters. The minimum absolute atomic E-state index is 0.776. The molecule has 2 fully saturated rings. The molecule has 0 radical (unpaired) electrons. The first-order valence-corrected chi connectivity index (χ1v) is 6.78. The van der Waals surface area contributed by atoms with Crippen LogP contribution in [-0.4, -0.2) is 37.6 Å². The van der Waals surface area contributed by atoms with Crippen LogP contribution in [0.25, 0.3) is 0 Å². The number of hydrogen-bond acceptors (Lipinski definition) is 2. The second-order valence-corrected chi connectivity index (χ2v) is 5.37. The van der Waals surface area contributed by atoms with E-state index in [1.807, 2.05) is 0 Å². The Balaban J connectivity index is 1.72. The lowest BCUT2D eigenvalue weighted by molar-refractivity contribution is 0.238. The molecule has 2 nitrogen and oxygen atoms in total. The number of rotatable bonds is 3. The van der Waals surface area contributed by atoms with Crippen LogP contribution in [0.1, 0.15) is 44.9 Å². The zero-order valence-electron chi connectivity index (χ0n) is 10.2. The van der Waals surface area contributed by atoms with Crippen LogP contribution in [0.2, 0.25) is 0 Å². The average molecular weight is 210 g/mol. The van der Waals surface area contributed by atoms with E-state index in [4.69, 9.17) is 0 Å². The van der Waals surface area contributed by atoms with Gasteiger partial charge in [-0.15, -0.1) is 0 Å². The van der Waals surface area contributed by atoms with Gasteiger partial charge in [-0.05, 0) is 58.2 Å². The smallest absolute Gasteiger partial charge is 0.00767 e. The molecule has 88 valence electrons. The summed E-state index contributed by atoms with van der Waals surface area (Å²) in [5.74, 6) is 1.02. The van der Waals surface area contributed by atoms with E-state index in [9.17, 15) is 0 Å². The standard InChI is InChI=1S/C13H26N2/c1-14-13-7-4-9-15(10-8-13)11-12-5-2-3-6-12/h12-14H,2-11H2,1H3. The normalized spacial score (nSPS) is 30.6. The second kappa shape index (κ2) is 5.86. The lowest BCUT2D eigenvalue weighted by Gasteiger charge is -2.23. The molecule has 1 atom stereocenters. The van der Waals surface area contributed by atoms with Gasteiger partial charge in [-0.1, -0.05) is 12.8 Å². The molecule has 1 saturated heterocycles. The topological polar surface area (TPSA) is 15.3 Å². The highest BCUT2D eigenvalue weighted by Crippen LogP contribution is 2.26. The van der Waals surface area contributed by atoms with Crippen LogP contribution in [0.3, 0.4) is 0 Å². The molecule has 1 heterocycles. The van der Waals surface area contributed by atoms with E-state index in [0.29, 0.717) is 0 Å². The summed E-state index contributed by atoms with van der Waals surface area (Å²) in [6.45, 7) is 4.05. The highest BCUT2D eigenvalue weighted by molar-refractivity contribution is 4.77. The van der Waals surface area contributed by atoms with Crippen LogP contribution >= 0.6 is 0 Å². The molecule has 1 aliphatic carbocycles. The molecule has 2 aliphatic rings. The molecule has 0 amide bonds. The first-order chi connectivity index (χ1) is 7.38. The van der Waals surface area contributed by atoms with Gasteiger partial charge in [-0.25, -0.2) is 0 Å². The van der Waals surface area contributed by atoms with Crippen molar-refractivity contribution in [1.29, 1.82) is 0 Å². The molecule has 2 rings (SSSR count). The van der Waals surface area contributed by atoms with Crippen LogP contribution in [0.5, 0.6) is 0 Å². The Labute approximate surface area is 94.4 Å². The van der Waals surface area contributed by atoms with E-state index in [2.05, 4.69) is 17.3 Å². The summed E-state index contributed by atoms with van der Waals surface area (Å²) in [7, 11) is 2.11. The maximum absolute atomic E-state index is 3.43. The number of likely N-dealkylation sites (tertiary alicyclic amines) is 1. The first kappa shape index (κ1) is 11.4. The van der Waals surface area contributed by atoms with Gasteiger partial charge >= 0.3 is 0 Å². The van der Waals surface area contributed by atoms with E-state index < -0.39 is 0 Å².